The van der Waals surface area contributed by atoms with E-state index in [9.17, 15) is 22.4 Å². The molecule has 1 aliphatic rings. The number of alkyl halides is 4. The number of aromatic nitrogens is 3. The van der Waals surface area contributed by atoms with Crippen molar-refractivity contribution in [1.82, 2.24) is 19.9 Å². The number of amides is 1. The molecule has 0 aromatic carbocycles. The number of halogens is 4. The zero-order chi connectivity index (χ0) is 17.3. The van der Waals surface area contributed by atoms with E-state index < -0.39 is 30.1 Å². The van der Waals surface area contributed by atoms with Gasteiger partial charge in [0.05, 0.1) is 6.10 Å². The van der Waals surface area contributed by atoms with Gasteiger partial charge in [-0.05, 0) is 18.9 Å². The van der Waals surface area contributed by atoms with Crippen molar-refractivity contribution in [2.24, 2.45) is 0 Å². The van der Waals surface area contributed by atoms with E-state index in [0.29, 0.717) is 17.2 Å². The maximum absolute atomic E-state index is 13.1. The normalized spacial score (nSPS) is 18.0. The van der Waals surface area contributed by atoms with Crippen molar-refractivity contribution in [3.8, 4) is 0 Å². The van der Waals surface area contributed by atoms with E-state index in [2.05, 4.69) is 15.4 Å². The second kappa shape index (κ2) is 6.71. The van der Waals surface area contributed by atoms with Crippen molar-refractivity contribution < 1.29 is 27.1 Å². The molecule has 3 rings (SSSR count). The third-order valence-electron chi connectivity index (χ3n) is 3.67. The smallest absolute Gasteiger partial charge is 0.280 e. The van der Waals surface area contributed by atoms with Gasteiger partial charge in [0.25, 0.3) is 18.8 Å². The summed E-state index contributed by atoms with van der Waals surface area (Å²) in [5, 5.41) is 6.34. The van der Waals surface area contributed by atoms with Gasteiger partial charge in [-0.25, -0.2) is 27.1 Å². The van der Waals surface area contributed by atoms with Crippen molar-refractivity contribution in [3.63, 3.8) is 0 Å². The highest BCUT2D eigenvalue weighted by molar-refractivity contribution is 5.93. The van der Waals surface area contributed by atoms with Crippen LogP contribution in [-0.2, 0) is 4.74 Å². The van der Waals surface area contributed by atoms with E-state index >= 15 is 0 Å². The highest BCUT2D eigenvalue weighted by atomic mass is 19.3. The summed E-state index contributed by atoms with van der Waals surface area (Å²) < 4.78 is 57.7. The molecule has 1 amide bonds. The highest BCUT2D eigenvalue weighted by Crippen LogP contribution is 2.25. The van der Waals surface area contributed by atoms with Crippen LogP contribution in [-0.4, -0.2) is 39.8 Å². The second-order valence-corrected chi connectivity index (χ2v) is 5.35. The number of hydrogen-bond donors (Lipinski definition) is 1. The Kier molecular flexibility index (Phi) is 4.65. The minimum absolute atomic E-state index is 0.0915. The summed E-state index contributed by atoms with van der Waals surface area (Å²) in [5.74, 6) is -0.602. The summed E-state index contributed by atoms with van der Waals surface area (Å²) in [6.07, 6.45) is -4.39. The zero-order valence-corrected chi connectivity index (χ0v) is 12.4. The minimum Gasteiger partial charge on any atom is -0.376 e. The molecule has 0 bridgehead atoms. The molecule has 1 fully saturated rings. The van der Waals surface area contributed by atoms with Crippen LogP contribution >= 0.6 is 0 Å². The number of carbonyl (C=O) groups is 1. The van der Waals surface area contributed by atoms with Crippen molar-refractivity contribution in [2.45, 2.75) is 31.8 Å². The quantitative estimate of drug-likeness (QED) is 0.845. The number of nitrogens with zero attached hydrogens (tertiary/aromatic N) is 3. The van der Waals surface area contributed by atoms with Gasteiger partial charge in [-0.15, -0.1) is 0 Å². The van der Waals surface area contributed by atoms with Crippen LogP contribution in [0.2, 0.25) is 0 Å². The monoisotopic (exact) mass is 346 g/mol. The van der Waals surface area contributed by atoms with Gasteiger partial charge in [0, 0.05) is 19.2 Å². The Balaban J connectivity index is 1.86. The molecule has 2 aromatic rings. The minimum atomic E-state index is -3.03. The first kappa shape index (κ1) is 16.6. The Labute approximate surface area is 133 Å². The molecule has 1 N–H and O–H groups in total. The topological polar surface area (TPSA) is 68.5 Å². The van der Waals surface area contributed by atoms with Gasteiger partial charge in [0.2, 0.25) is 0 Å². The number of rotatable bonds is 5. The number of nitrogens with one attached hydrogen (secondary N) is 1. The molecule has 1 aliphatic heterocycles. The molecule has 1 saturated heterocycles. The summed E-state index contributed by atoms with van der Waals surface area (Å²) in [4.78, 5) is 15.6. The second-order valence-electron chi connectivity index (χ2n) is 5.35. The summed E-state index contributed by atoms with van der Waals surface area (Å²) in [6.45, 7) is 0.900. The van der Waals surface area contributed by atoms with Crippen molar-refractivity contribution in [3.05, 3.63) is 29.2 Å². The predicted octanol–water partition coefficient (Wildman–Crippen LogP) is 2.51. The van der Waals surface area contributed by atoms with E-state index in [1.54, 1.807) is 0 Å². The molecule has 3 heterocycles. The van der Waals surface area contributed by atoms with E-state index in [-0.39, 0.29) is 24.0 Å². The Morgan fingerprint density at radius 3 is 2.75 bits per heavy atom. The SMILES string of the molecule is O=C(NCC1CCCO1)c1cc2nc(C(F)F)cc(C(F)F)n2n1. The first-order valence-corrected chi connectivity index (χ1v) is 7.32. The first-order chi connectivity index (χ1) is 11.5. The fourth-order valence-corrected chi connectivity index (χ4v) is 2.50. The summed E-state index contributed by atoms with van der Waals surface area (Å²) in [6, 6.07) is 1.69. The van der Waals surface area contributed by atoms with Crippen molar-refractivity contribution in [1.29, 1.82) is 0 Å². The molecule has 6 nitrogen and oxygen atoms in total. The molecule has 0 spiro atoms. The van der Waals surface area contributed by atoms with Crippen LogP contribution < -0.4 is 5.32 Å². The van der Waals surface area contributed by atoms with Gasteiger partial charge in [0.15, 0.2) is 11.3 Å². The molecular formula is C14H14F4N4O2. The average molecular weight is 346 g/mol. The molecule has 0 saturated carbocycles. The van der Waals surface area contributed by atoms with E-state index in [1.807, 2.05) is 0 Å². The van der Waals surface area contributed by atoms with Crippen LogP contribution in [0.25, 0.3) is 5.65 Å². The van der Waals surface area contributed by atoms with Gasteiger partial charge in [-0.2, -0.15) is 5.10 Å². The summed E-state index contributed by atoms with van der Waals surface area (Å²) in [5.41, 5.74) is -1.93. The lowest BCUT2D eigenvalue weighted by Crippen LogP contribution is -2.32. The average Bonchev–Trinajstić information content (AvgIpc) is 3.20. The van der Waals surface area contributed by atoms with Gasteiger partial charge < -0.3 is 10.1 Å². The molecule has 1 atom stereocenters. The fourth-order valence-electron chi connectivity index (χ4n) is 2.50. The highest BCUT2D eigenvalue weighted by Gasteiger charge is 2.23. The standard InChI is InChI=1S/C14H14F4N4O2/c15-12(16)8-4-10(13(17)18)22-11(20-8)5-9(21-22)14(23)19-6-7-2-1-3-24-7/h4-5,7,12-13H,1-3,6H2,(H,19,23). The molecule has 10 heteroatoms. The van der Waals surface area contributed by atoms with Gasteiger partial charge in [0.1, 0.15) is 11.4 Å². The first-order valence-electron chi connectivity index (χ1n) is 7.32. The molecule has 2 aromatic heterocycles. The summed E-state index contributed by atoms with van der Waals surface area (Å²) in [7, 11) is 0. The molecule has 24 heavy (non-hydrogen) atoms. The number of carbonyl (C=O) groups excluding carboxylic acids is 1. The zero-order valence-electron chi connectivity index (χ0n) is 12.4. The van der Waals surface area contributed by atoms with Gasteiger partial charge in [-0.1, -0.05) is 0 Å². The van der Waals surface area contributed by atoms with Gasteiger partial charge in [-0.3, -0.25) is 4.79 Å². The molecule has 0 aliphatic carbocycles. The molecular weight excluding hydrogens is 332 g/mol. The maximum atomic E-state index is 13.1. The van der Waals surface area contributed by atoms with E-state index in [0.717, 1.165) is 18.9 Å². The summed E-state index contributed by atoms with van der Waals surface area (Å²) >= 11 is 0. The lowest BCUT2D eigenvalue weighted by Gasteiger charge is -2.09. The van der Waals surface area contributed by atoms with Crippen LogP contribution in [0.15, 0.2) is 12.1 Å². The third-order valence-corrected chi connectivity index (χ3v) is 3.67. The maximum Gasteiger partial charge on any atom is 0.280 e. The van der Waals surface area contributed by atoms with E-state index in [4.69, 9.17) is 4.74 Å². The number of ether oxygens (including phenoxy) is 1. The third kappa shape index (κ3) is 3.32. The molecule has 130 valence electrons. The largest absolute Gasteiger partial charge is 0.376 e. The predicted molar refractivity (Wildman–Crippen MR) is 74.2 cm³/mol. The molecule has 0 radical (unpaired) electrons. The Bertz CT molecular complexity index is 744. The number of hydrogen-bond acceptors (Lipinski definition) is 4. The van der Waals surface area contributed by atoms with E-state index in [1.165, 1.54) is 0 Å². The number of fused-ring (bicyclic) bond motifs is 1. The lowest BCUT2D eigenvalue weighted by molar-refractivity contribution is 0.0853. The van der Waals surface area contributed by atoms with Crippen LogP contribution in [0.5, 0.6) is 0 Å². The lowest BCUT2D eigenvalue weighted by atomic mass is 10.2. The van der Waals surface area contributed by atoms with Crippen LogP contribution in [0.4, 0.5) is 17.6 Å². The fraction of sp³-hybridized carbons (Fsp3) is 0.500. The van der Waals surface area contributed by atoms with Gasteiger partial charge >= 0.3 is 0 Å². The van der Waals surface area contributed by atoms with Crippen molar-refractivity contribution >= 4 is 11.6 Å². The Morgan fingerprint density at radius 2 is 2.12 bits per heavy atom. The van der Waals surface area contributed by atoms with Crippen LogP contribution in [0.1, 0.15) is 47.6 Å². The van der Waals surface area contributed by atoms with Crippen molar-refractivity contribution in [2.75, 3.05) is 13.2 Å². The Hall–Kier alpha value is -2.23. The Morgan fingerprint density at radius 1 is 1.33 bits per heavy atom. The molecule has 1 unspecified atom stereocenters. The van der Waals surface area contributed by atoms with Crippen LogP contribution in [0.3, 0.4) is 0 Å². The van der Waals surface area contributed by atoms with Crippen LogP contribution in [0, 0.1) is 0 Å².